The van der Waals surface area contributed by atoms with Gasteiger partial charge in [0, 0.05) is 25.8 Å². The van der Waals surface area contributed by atoms with Gasteiger partial charge in [0.05, 0.1) is 0 Å². The molecule has 1 heterocycles. The Labute approximate surface area is 185 Å². The van der Waals surface area contributed by atoms with Gasteiger partial charge in [-0.05, 0) is 56.9 Å². The standard InChI is InChI=1S/C26H54BNO/c1-5-26-24(3)21-25(22-28(26)4)17-16-23(2)15-11-14-20-29-19-13-10-8-6-7-9-12-18-27/h23-26H,5-22,27H2,1-4H3/t23-,24?,25?,26?/m0/s1. The first-order chi connectivity index (χ1) is 14.1. The molecule has 1 saturated heterocycles. The van der Waals surface area contributed by atoms with E-state index in [4.69, 9.17) is 4.74 Å². The summed E-state index contributed by atoms with van der Waals surface area (Å²) < 4.78 is 5.85. The zero-order valence-corrected chi connectivity index (χ0v) is 20.9. The third kappa shape index (κ3) is 13.1. The number of unbranched alkanes of at least 4 members (excludes halogenated alkanes) is 7. The summed E-state index contributed by atoms with van der Waals surface area (Å²) >= 11 is 0. The zero-order valence-electron chi connectivity index (χ0n) is 20.9. The molecule has 0 bridgehead atoms. The Hall–Kier alpha value is -0.0151. The van der Waals surface area contributed by atoms with E-state index < -0.39 is 0 Å². The summed E-state index contributed by atoms with van der Waals surface area (Å²) in [5.74, 6) is 2.68. The highest BCUT2D eigenvalue weighted by molar-refractivity contribution is 6.08. The Kier molecular flexibility index (Phi) is 16.4. The predicted molar refractivity (Wildman–Crippen MR) is 133 cm³/mol. The Morgan fingerprint density at radius 3 is 2.17 bits per heavy atom. The number of rotatable bonds is 18. The highest BCUT2D eigenvalue weighted by Gasteiger charge is 2.30. The van der Waals surface area contributed by atoms with Gasteiger partial charge in [-0.25, -0.2) is 0 Å². The van der Waals surface area contributed by atoms with Crippen LogP contribution in [0, 0.1) is 17.8 Å². The Balaban J connectivity index is 1.89. The molecule has 0 aromatic rings. The molecule has 1 aliphatic heterocycles. The van der Waals surface area contributed by atoms with E-state index >= 15 is 0 Å². The molecule has 1 fully saturated rings. The van der Waals surface area contributed by atoms with Crippen LogP contribution in [0.3, 0.4) is 0 Å². The van der Waals surface area contributed by atoms with Gasteiger partial charge in [-0.1, -0.05) is 84.9 Å². The molecule has 1 rings (SSSR count). The number of nitrogens with zero attached hydrogens (tertiary/aromatic N) is 1. The summed E-state index contributed by atoms with van der Waals surface area (Å²) in [6, 6.07) is 0.814. The molecule has 1 aliphatic rings. The van der Waals surface area contributed by atoms with Crippen LogP contribution in [0.1, 0.15) is 111 Å². The molecule has 0 spiro atoms. The molecule has 3 heteroatoms. The van der Waals surface area contributed by atoms with Gasteiger partial charge in [0.1, 0.15) is 7.85 Å². The molecule has 0 N–H and O–H groups in total. The van der Waals surface area contributed by atoms with Crippen molar-refractivity contribution in [2.45, 2.75) is 123 Å². The summed E-state index contributed by atoms with van der Waals surface area (Å²) in [4.78, 5) is 2.63. The highest BCUT2D eigenvalue weighted by Crippen LogP contribution is 2.31. The number of hydrogen-bond acceptors (Lipinski definition) is 2. The van der Waals surface area contributed by atoms with E-state index in [2.05, 4.69) is 40.6 Å². The van der Waals surface area contributed by atoms with E-state index in [0.29, 0.717) is 0 Å². The summed E-state index contributed by atoms with van der Waals surface area (Å²) in [6.07, 6.45) is 20.7. The lowest BCUT2D eigenvalue weighted by Gasteiger charge is -2.41. The van der Waals surface area contributed by atoms with Crippen LogP contribution in [0.2, 0.25) is 6.32 Å². The number of hydrogen-bond donors (Lipinski definition) is 0. The van der Waals surface area contributed by atoms with Crippen molar-refractivity contribution in [1.29, 1.82) is 0 Å². The van der Waals surface area contributed by atoms with Crippen molar-refractivity contribution in [3.63, 3.8) is 0 Å². The maximum atomic E-state index is 5.85. The minimum absolute atomic E-state index is 0.814. The lowest BCUT2D eigenvalue weighted by molar-refractivity contribution is 0.0778. The van der Waals surface area contributed by atoms with Crippen LogP contribution in [0.4, 0.5) is 0 Å². The van der Waals surface area contributed by atoms with Crippen LogP contribution >= 0.6 is 0 Å². The largest absolute Gasteiger partial charge is 0.381 e. The topological polar surface area (TPSA) is 12.5 Å². The molecule has 0 aromatic heterocycles. The fourth-order valence-corrected chi connectivity index (χ4v) is 5.46. The SMILES string of the molecule is BCCCCCCCCCOCCCC[C@H](C)CCC1CC(C)C(CC)N(C)C1. The minimum Gasteiger partial charge on any atom is -0.381 e. The van der Waals surface area contributed by atoms with Gasteiger partial charge in [-0.3, -0.25) is 0 Å². The lowest BCUT2D eigenvalue weighted by atomic mass is 9.80. The van der Waals surface area contributed by atoms with Crippen LogP contribution in [0.25, 0.3) is 0 Å². The maximum absolute atomic E-state index is 5.85. The molecule has 0 amide bonds. The average Bonchev–Trinajstić information content (AvgIpc) is 2.69. The van der Waals surface area contributed by atoms with Crippen molar-refractivity contribution in [2.75, 3.05) is 26.8 Å². The second kappa shape index (κ2) is 17.6. The molecule has 4 atom stereocenters. The molecule has 172 valence electrons. The van der Waals surface area contributed by atoms with Crippen molar-refractivity contribution < 1.29 is 4.74 Å². The predicted octanol–water partition coefficient (Wildman–Crippen LogP) is 6.74. The lowest BCUT2D eigenvalue weighted by Crippen LogP contribution is -2.45. The van der Waals surface area contributed by atoms with Gasteiger partial charge in [-0.2, -0.15) is 0 Å². The van der Waals surface area contributed by atoms with Crippen LogP contribution in [0.15, 0.2) is 0 Å². The maximum Gasteiger partial charge on any atom is 0.101 e. The van der Waals surface area contributed by atoms with Crippen molar-refractivity contribution in [1.82, 2.24) is 4.90 Å². The van der Waals surface area contributed by atoms with E-state index in [1.165, 1.54) is 103 Å². The second-order valence-corrected chi connectivity index (χ2v) is 10.3. The van der Waals surface area contributed by atoms with E-state index in [1.54, 1.807) is 0 Å². The Morgan fingerprint density at radius 2 is 1.55 bits per heavy atom. The molecular weight excluding hydrogens is 353 g/mol. The van der Waals surface area contributed by atoms with Gasteiger partial charge >= 0.3 is 0 Å². The van der Waals surface area contributed by atoms with Gasteiger partial charge in [-0.15, -0.1) is 0 Å². The fourth-order valence-electron chi connectivity index (χ4n) is 5.46. The minimum atomic E-state index is 0.814. The summed E-state index contributed by atoms with van der Waals surface area (Å²) in [6.45, 7) is 10.6. The zero-order chi connectivity index (χ0) is 21.3. The summed E-state index contributed by atoms with van der Waals surface area (Å²) in [7, 11) is 4.63. The van der Waals surface area contributed by atoms with Crippen molar-refractivity contribution in [3.05, 3.63) is 0 Å². The first-order valence-corrected chi connectivity index (χ1v) is 13.4. The van der Waals surface area contributed by atoms with Crippen molar-refractivity contribution >= 4 is 7.85 Å². The second-order valence-electron chi connectivity index (χ2n) is 10.3. The normalized spacial score (nSPS) is 24.1. The van der Waals surface area contributed by atoms with Gasteiger partial charge in [0.25, 0.3) is 0 Å². The van der Waals surface area contributed by atoms with Crippen LogP contribution in [0.5, 0.6) is 0 Å². The van der Waals surface area contributed by atoms with Gasteiger partial charge < -0.3 is 9.64 Å². The highest BCUT2D eigenvalue weighted by atomic mass is 16.5. The molecule has 0 aromatic carbocycles. The number of ether oxygens (including phenoxy) is 1. The quantitative estimate of drug-likeness (QED) is 0.184. The van der Waals surface area contributed by atoms with Crippen LogP contribution < -0.4 is 0 Å². The van der Waals surface area contributed by atoms with E-state index in [0.717, 1.165) is 37.0 Å². The van der Waals surface area contributed by atoms with Crippen molar-refractivity contribution in [2.24, 2.45) is 17.8 Å². The van der Waals surface area contributed by atoms with Gasteiger partial charge in [0.2, 0.25) is 0 Å². The first-order valence-electron chi connectivity index (χ1n) is 13.4. The van der Waals surface area contributed by atoms with Crippen LogP contribution in [-0.4, -0.2) is 45.6 Å². The molecular formula is C26H54BNO. The molecule has 29 heavy (non-hydrogen) atoms. The Bertz CT molecular complexity index is 353. The monoisotopic (exact) mass is 407 g/mol. The average molecular weight is 408 g/mol. The third-order valence-electron chi connectivity index (χ3n) is 7.34. The smallest absolute Gasteiger partial charge is 0.101 e. The van der Waals surface area contributed by atoms with Crippen molar-refractivity contribution in [3.8, 4) is 0 Å². The molecule has 0 saturated carbocycles. The Morgan fingerprint density at radius 1 is 0.931 bits per heavy atom. The van der Waals surface area contributed by atoms with E-state index in [1.807, 2.05) is 0 Å². The summed E-state index contributed by atoms with van der Waals surface area (Å²) in [5.41, 5.74) is 0. The van der Waals surface area contributed by atoms with Gasteiger partial charge in [0.15, 0.2) is 0 Å². The summed E-state index contributed by atoms with van der Waals surface area (Å²) in [5, 5.41) is 0. The fraction of sp³-hybridized carbons (Fsp3) is 1.00. The van der Waals surface area contributed by atoms with E-state index in [-0.39, 0.29) is 0 Å². The third-order valence-corrected chi connectivity index (χ3v) is 7.34. The number of piperidine rings is 1. The van der Waals surface area contributed by atoms with E-state index in [9.17, 15) is 0 Å². The number of likely N-dealkylation sites (tertiary alicyclic amines) is 1. The van der Waals surface area contributed by atoms with Crippen LogP contribution in [-0.2, 0) is 4.74 Å². The molecule has 0 aliphatic carbocycles. The molecule has 3 unspecified atom stereocenters. The molecule has 0 radical (unpaired) electrons. The first kappa shape index (κ1) is 27.0. The molecule has 2 nitrogen and oxygen atoms in total.